The van der Waals surface area contributed by atoms with Crippen LogP contribution in [-0.4, -0.2) is 37.5 Å². The van der Waals surface area contributed by atoms with Gasteiger partial charge in [-0.25, -0.2) is 0 Å². The van der Waals surface area contributed by atoms with Crippen LogP contribution in [0.5, 0.6) is 0 Å². The van der Waals surface area contributed by atoms with Gasteiger partial charge >= 0.3 is 0 Å². The van der Waals surface area contributed by atoms with Crippen molar-refractivity contribution in [3.05, 3.63) is 34.9 Å². The molecule has 1 aliphatic heterocycles. The van der Waals surface area contributed by atoms with Crippen LogP contribution < -0.4 is 5.32 Å². The molecule has 5 heteroatoms. The Hall–Kier alpha value is -0.490. The molecule has 3 nitrogen and oxygen atoms in total. The zero-order chi connectivity index (χ0) is 13.3. The predicted octanol–water partition coefficient (Wildman–Crippen LogP) is 3.27. The van der Waals surface area contributed by atoms with Gasteiger partial charge in [-0.1, -0.05) is 30.2 Å². The molecule has 1 aromatic rings. The van der Waals surface area contributed by atoms with Crippen LogP contribution in [0.15, 0.2) is 29.3 Å². The van der Waals surface area contributed by atoms with Crippen molar-refractivity contribution < 1.29 is 0 Å². The molecule has 1 saturated carbocycles. The number of benzene rings is 1. The maximum absolute atomic E-state index is 5.98. The molecular weight excluding hydrogens is 385 g/mol. The van der Waals surface area contributed by atoms with Crippen LogP contribution in [0.2, 0.25) is 5.02 Å². The fourth-order valence-electron chi connectivity index (χ4n) is 2.95. The number of guanidine groups is 1. The Kier molecular flexibility index (Phi) is 5.18. The van der Waals surface area contributed by atoms with E-state index in [2.05, 4.69) is 34.4 Å². The summed E-state index contributed by atoms with van der Waals surface area (Å²) in [6.07, 6.45) is 3.81. The van der Waals surface area contributed by atoms with Gasteiger partial charge in [0.25, 0.3) is 0 Å². The number of hydrogen-bond acceptors (Lipinski definition) is 3. The molecule has 1 aromatic carbocycles. The Morgan fingerprint density at radius 3 is 2.50 bits per heavy atom. The molecule has 20 heavy (non-hydrogen) atoms. The second-order valence-electron chi connectivity index (χ2n) is 5.62. The number of likely N-dealkylation sites (N-methyl/N-ethyl adjacent to an activating group) is 1. The minimum absolute atomic E-state index is 0. The minimum Gasteiger partial charge on any atom is -0.355 e. The van der Waals surface area contributed by atoms with E-state index in [4.69, 9.17) is 11.6 Å². The lowest BCUT2D eigenvalue weighted by molar-refractivity contribution is 0.242. The van der Waals surface area contributed by atoms with E-state index in [1.165, 1.54) is 24.8 Å². The number of hydrogen-bond donors (Lipinski definition) is 1. The van der Waals surface area contributed by atoms with Crippen molar-refractivity contribution in [2.45, 2.75) is 24.7 Å². The van der Waals surface area contributed by atoms with Gasteiger partial charge in [-0.2, -0.15) is 0 Å². The van der Waals surface area contributed by atoms with Crippen LogP contribution >= 0.6 is 35.6 Å². The minimum atomic E-state index is 0. The van der Waals surface area contributed by atoms with E-state index in [1.807, 2.05) is 12.1 Å². The molecule has 0 atom stereocenters. The van der Waals surface area contributed by atoms with Crippen LogP contribution in [0.3, 0.4) is 0 Å². The lowest BCUT2D eigenvalue weighted by Gasteiger charge is -2.43. The first-order valence-electron chi connectivity index (χ1n) is 6.95. The molecule has 1 fully saturated rings. The summed E-state index contributed by atoms with van der Waals surface area (Å²) in [5.41, 5.74) is 1.67. The molecule has 0 bridgehead atoms. The second kappa shape index (κ2) is 6.52. The standard InChI is InChI=1S/C15H20ClN3.HI/c1-19-10-9-17-14(19)18-11-15(7-2-8-15)12-3-5-13(16)6-4-12;/h3-6H,2,7-11H2,1H3,(H,17,18);1H. The summed E-state index contributed by atoms with van der Waals surface area (Å²) in [4.78, 5) is 6.69. The number of halogens is 2. The summed E-state index contributed by atoms with van der Waals surface area (Å²) in [5.74, 6) is 1.04. The van der Waals surface area contributed by atoms with Gasteiger partial charge in [-0.15, -0.1) is 24.0 Å². The summed E-state index contributed by atoms with van der Waals surface area (Å²) in [6, 6.07) is 8.33. The zero-order valence-corrected chi connectivity index (χ0v) is 14.8. The van der Waals surface area contributed by atoms with E-state index in [9.17, 15) is 0 Å². The third kappa shape index (κ3) is 3.06. The van der Waals surface area contributed by atoms with E-state index >= 15 is 0 Å². The van der Waals surface area contributed by atoms with E-state index in [0.717, 1.165) is 30.6 Å². The van der Waals surface area contributed by atoms with Crippen molar-refractivity contribution in [3.8, 4) is 0 Å². The Labute approximate surface area is 142 Å². The molecule has 0 amide bonds. The molecule has 1 heterocycles. The van der Waals surface area contributed by atoms with E-state index in [-0.39, 0.29) is 29.4 Å². The highest BCUT2D eigenvalue weighted by atomic mass is 127. The molecular formula is C15H21ClIN3. The zero-order valence-electron chi connectivity index (χ0n) is 11.7. The fraction of sp³-hybridized carbons (Fsp3) is 0.533. The van der Waals surface area contributed by atoms with Gasteiger partial charge in [-0.05, 0) is 30.5 Å². The first-order chi connectivity index (χ1) is 9.20. The number of nitrogens with one attached hydrogen (secondary N) is 1. The quantitative estimate of drug-likeness (QED) is 0.782. The highest BCUT2D eigenvalue weighted by Gasteiger charge is 2.38. The van der Waals surface area contributed by atoms with Crippen molar-refractivity contribution >= 4 is 41.5 Å². The predicted molar refractivity (Wildman–Crippen MR) is 95.3 cm³/mol. The average Bonchev–Trinajstić information content (AvgIpc) is 2.76. The summed E-state index contributed by atoms with van der Waals surface area (Å²) >= 11 is 5.98. The molecule has 0 spiro atoms. The van der Waals surface area contributed by atoms with Crippen molar-refractivity contribution in [1.82, 2.24) is 10.2 Å². The topological polar surface area (TPSA) is 27.6 Å². The molecule has 110 valence electrons. The molecule has 0 radical (unpaired) electrons. The van der Waals surface area contributed by atoms with Crippen molar-refractivity contribution in [2.24, 2.45) is 4.99 Å². The Morgan fingerprint density at radius 2 is 2.00 bits per heavy atom. The van der Waals surface area contributed by atoms with Gasteiger partial charge in [-0.3, -0.25) is 4.99 Å². The fourth-order valence-corrected chi connectivity index (χ4v) is 3.07. The molecule has 1 N–H and O–H groups in total. The molecule has 0 saturated heterocycles. The van der Waals surface area contributed by atoms with Gasteiger partial charge in [0.15, 0.2) is 5.96 Å². The Balaban J connectivity index is 0.00000147. The summed E-state index contributed by atoms with van der Waals surface area (Å²) in [6.45, 7) is 2.90. The van der Waals surface area contributed by atoms with Gasteiger partial charge in [0.05, 0.1) is 6.54 Å². The number of rotatable bonds is 3. The van der Waals surface area contributed by atoms with Gasteiger partial charge < -0.3 is 10.2 Å². The van der Waals surface area contributed by atoms with Crippen LogP contribution in [0.1, 0.15) is 24.8 Å². The maximum Gasteiger partial charge on any atom is 0.193 e. The summed E-state index contributed by atoms with van der Waals surface area (Å²) in [5, 5.41) is 4.34. The van der Waals surface area contributed by atoms with Crippen molar-refractivity contribution in [1.29, 1.82) is 0 Å². The van der Waals surface area contributed by atoms with E-state index in [0.29, 0.717) is 0 Å². The van der Waals surface area contributed by atoms with Crippen LogP contribution in [0.25, 0.3) is 0 Å². The first-order valence-corrected chi connectivity index (χ1v) is 7.33. The molecule has 0 unspecified atom stereocenters. The smallest absolute Gasteiger partial charge is 0.193 e. The first kappa shape index (κ1) is 15.9. The highest BCUT2D eigenvalue weighted by molar-refractivity contribution is 14.0. The maximum atomic E-state index is 5.98. The second-order valence-corrected chi connectivity index (χ2v) is 6.06. The van der Waals surface area contributed by atoms with Gasteiger partial charge in [0.2, 0.25) is 0 Å². The van der Waals surface area contributed by atoms with Gasteiger partial charge in [0, 0.05) is 30.6 Å². The SMILES string of the molecule is CN1CCN=C1NCC1(c2ccc(Cl)cc2)CCC1.I. The van der Waals surface area contributed by atoms with Crippen LogP contribution in [0, 0.1) is 0 Å². The van der Waals surface area contributed by atoms with E-state index < -0.39 is 0 Å². The van der Waals surface area contributed by atoms with Crippen LogP contribution in [0.4, 0.5) is 0 Å². The number of aliphatic imine (C=N–C) groups is 1. The normalized spacial score (nSPS) is 19.9. The van der Waals surface area contributed by atoms with Crippen LogP contribution in [-0.2, 0) is 5.41 Å². The van der Waals surface area contributed by atoms with Crippen molar-refractivity contribution in [2.75, 3.05) is 26.7 Å². The molecule has 3 rings (SSSR count). The van der Waals surface area contributed by atoms with Gasteiger partial charge in [0.1, 0.15) is 0 Å². The lowest BCUT2D eigenvalue weighted by atomic mass is 9.64. The molecule has 0 aromatic heterocycles. The Bertz CT molecular complexity index is 482. The number of nitrogens with zero attached hydrogens (tertiary/aromatic N) is 2. The average molecular weight is 406 g/mol. The monoisotopic (exact) mass is 405 g/mol. The third-order valence-electron chi connectivity index (χ3n) is 4.41. The lowest BCUT2D eigenvalue weighted by Crippen LogP contribution is -2.48. The summed E-state index contributed by atoms with van der Waals surface area (Å²) < 4.78 is 0. The van der Waals surface area contributed by atoms with E-state index in [1.54, 1.807) is 0 Å². The summed E-state index contributed by atoms with van der Waals surface area (Å²) in [7, 11) is 2.09. The molecule has 2 aliphatic rings. The largest absolute Gasteiger partial charge is 0.355 e. The molecule has 1 aliphatic carbocycles. The highest BCUT2D eigenvalue weighted by Crippen LogP contribution is 2.43. The third-order valence-corrected chi connectivity index (χ3v) is 4.66. The Morgan fingerprint density at radius 1 is 1.30 bits per heavy atom. The van der Waals surface area contributed by atoms with Crippen molar-refractivity contribution in [3.63, 3.8) is 0 Å².